The molecule has 1 fully saturated rings. The molecule has 0 atom stereocenters. The molecule has 1 aromatic rings. The van der Waals surface area contributed by atoms with Crippen molar-refractivity contribution >= 4 is 5.91 Å². The lowest BCUT2D eigenvalue weighted by Gasteiger charge is -2.22. The normalized spacial score (nSPS) is 14.5. The Balaban J connectivity index is 2.45. The number of carbonyl (C=O) groups excluding carboxylic acids is 1. The first-order chi connectivity index (χ1) is 8.97. The molecule has 1 aliphatic carbocycles. The minimum absolute atomic E-state index is 0.0916. The van der Waals surface area contributed by atoms with E-state index in [1.54, 1.807) is 25.8 Å². The van der Waals surface area contributed by atoms with Crippen molar-refractivity contribution in [1.82, 2.24) is 14.7 Å². The van der Waals surface area contributed by atoms with E-state index >= 15 is 0 Å². The molecule has 0 aliphatic heterocycles. The van der Waals surface area contributed by atoms with E-state index in [4.69, 9.17) is 5.11 Å². The van der Waals surface area contributed by atoms with Crippen molar-refractivity contribution in [3.63, 3.8) is 0 Å². The number of amides is 1. The van der Waals surface area contributed by atoms with Crippen LogP contribution >= 0.6 is 0 Å². The Hall–Kier alpha value is -1.69. The fourth-order valence-corrected chi connectivity index (χ4v) is 2.19. The van der Waals surface area contributed by atoms with E-state index in [2.05, 4.69) is 5.10 Å². The Morgan fingerprint density at radius 2 is 2.11 bits per heavy atom. The van der Waals surface area contributed by atoms with Crippen LogP contribution in [0.25, 0.3) is 0 Å². The van der Waals surface area contributed by atoms with Crippen LogP contribution in [0.3, 0.4) is 0 Å². The van der Waals surface area contributed by atoms with E-state index in [-0.39, 0.29) is 36.2 Å². The summed E-state index contributed by atoms with van der Waals surface area (Å²) in [5.74, 6) is -0.292. The van der Waals surface area contributed by atoms with Crippen LogP contribution in [-0.2, 0) is 7.05 Å². The number of aryl methyl sites for hydroxylation is 2. The summed E-state index contributed by atoms with van der Waals surface area (Å²) in [5.41, 5.74) is 1.09. The molecule has 1 heterocycles. The molecule has 0 bridgehead atoms. The molecule has 1 amide bonds. The average Bonchev–Trinajstić information content (AvgIpc) is 3.18. The molecule has 6 nitrogen and oxygen atoms in total. The van der Waals surface area contributed by atoms with E-state index in [1.165, 1.54) is 4.68 Å². The van der Waals surface area contributed by atoms with Gasteiger partial charge in [-0.05, 0) is 32.3 Å². The SMILES string of the molecule is Cc1nn(C)c(=O)c(C(=O)N(CCO)C2CC2)c1C. The van der Waals surface area contributed by atoms with Crippen molar-refractivity contribution in [2.45, 2.75) is 32.7 Å². The zero-order chi connectivity index (χ0) is 14.2. The zero-order valence-corrected chi connectivity index (χ0v) is 11.5. The van der Waals surface area contributed by atoms with E-state index < -0.39 is 0 Å². The molecule has 6 heteroatoms. The van der Waals surface area contributed by atoms with Gasteiger partial charge in [-0.15, -0.1) is 0 Å². The number of carbonyl (C=O) groups is 1. The maximum Gasteiger partial charge on any atom is 0.279 e. The Kier molecular flexibility index (Phi) is 3.71. The fourth-order valence-electron chi connectivity index (χ4n) is 2.19. The average molecular weight is 265 g/mol. The molecule has 0 spiro atoms. The highest BCUT2D eigenvalue weighted by Crippen LogP contribution is 2.28. The van der Waals surface area contributed by atoms with Gasteiger partial charge in [-0.25, -0.2) is 4.68 Å². The number of rotatable bonds is 4. The number of hydrogen-bond donors (Lipinski definition) is 1. The van der Waals surface area contributed by atoms with Crippen molar-refractivity contribution in [3.05, 3.63) is 27.2 Å². The summed E-state index contributed by atoms with van der Waals surface area (Å²) in [6.45, 7) is 3.69. The number of aliphatic hydroxyl groups excluding tert-OH is 1. The summed E-state index contributed by atoms with van der Waals surface area (Å²) in [5, 5.41) is 13.1. The maximum atomic E-state index is 12.5. The standard InChI is InChI=1S/C13H19N3O3/c1-8-9(2)14-15(3)12(18)11(8)13(19)16(6-7-17)10-4-5-10/h10,17H,4-7H2,1-3H3. The molecule has 0 unspecified atom stereocenters. The lowest BCUT2D eigenvalue weighted by Crippen LogP contribution is -2.40. The molecule has 2 rings (SSSR count). The molecule has 0 aromatic carbocycles. The molecule has 0 saturated heterocycles. The molecule has 19 heavy (non-hydrogen) atoms. The molecule has 1 N–H and O–H groups in total. The monoisotopic (exact) mass is 265 g/mol. The second-order valence-corrected chi connectivity index (χ2v) is 4.97. The largest absolute Gasteiger partial charge is 0.395 e. The highest BCUT2D eigenvalue weighted by molar-refractivity contribution is 5.95. The Bertz CT molecular complexity index is 561. The van der Waals surface area contributed by atoms with Crippen LogP contribution < -0.4 is 5.56 Å². The van der Waals surface area contributed by atoms with Gasteiger partial charge >= 0.3 is 0 Å². The van der Waals surface area contributed by atoms with Crippen LogP contribution in [0.1, 0.15) is 34.5 Å². The van der Waals surface area contributed by atoms with Gasteiger partial charge in [-0.2, -0.15) is 5.10 Å². The van der Waals surface area contributed by atoms with Crippen LogP contribution in [0.2, 0.25) is 0 Å². The van der Waals surface area contributed by atoms with Gasteiger partial charge in [0.1, 0.15) is 5.56 Å². The van der Waals surface area contributed by atoms with E-state index in [0.29, 0.717) is 11.3 Å². The van der Waals surface area contributed by atoms with E-state index in [9.17, 15) is 9.59 Å². The fraction of sp³-hybridized carbons (Fsp3) is 0.615. The van der Waals surface area contributed by atoms with Crippen LogP contribution in [-0.4, -0.2) is 44.9 Å². The predicted molar refractivity (Wildman–Crippen MR) is 70.1 cm³/mol. The van der Waals surface area contributed by atoms with Crippen molar-refractivity contribution in [1.29, 1.82) is 0 Å². The number of nitrogens with zero attached hydrogens (tertiary/aromatic N) is 3. The summed E-state index contributed by atoms with van der Waals surface area (Å²) in [6.07, 6.45) is 1.88. The van der Waals surface area contributed by atoms with Crippen LogP contribution in [0.5, 0.6) is 0 Å². The summed E-state index contributed by atoms with van der Waals surface area (Å²) in [4.78, 5) is 26.3. The first kappa shape index (κ1) is 13.7. The van der Waals surface area contributed by atoms with Crippen LogP contribution in [0, 0.1) is 13.8 Å². The third-order valence-corrected chi connectivity index (χ3v) is 3.53. The van der Waals surface area contributed by atoms with Crippen molar-refractivity contribution < 1.29 is 9.90 Å². The zero-order valence-electron chi connectivity index (χ0n) is 11.5. The molecule has 1 aromatic heterocycles. The lowest BCUT2D eigenvalue weighted by atomic mass is 10.1. The smallest absolute Gasteiger partial charge is 0.279 e. The van der Waals surface area contributed by atoms with Gasteiger partial charge in [0.2, 0.25) is 0 Å². The van der Waals surface area contributed by atoms with Crippen LogP contribution in [0.15, 0.2) is 4.79 Å². The van der Waals surface area contributed by atoms with Crippen molar-refractivity contribution in [2.75, 3.05) is 13.2 Å². The third kappa shape index (κ3) is 2.53. The van der Waals surface area contributed by atoms with Gasteiger partial charge in [0, 0.05) is 19.6 Å². The highest BCUT2D eigenvalue weighted by Gasteiger charge is 2.34. The Morgan fingerprint density at radius 3 is 2.63 bits per heavy atom. The summed E-state index contributed by atoms with van der Waals surface area (Å²) in [7, 11) is 1.54. The van der Waals surface area contributed by atoms with Gasteiger partial charge in [0.05, 0.1) is 12.3 Å². The molecular weight excluding hydrogens is 246 g/mol. The Labute approximate surface area is 111 Å². The third-order valence-electron chi connectivity index (χ3n) is 3.53. The minimum Gasteiger partial charge on any atom is -0.395 e. The summed E-state index contributed by atoms with van der Waals surface area (Å²) < 4.78 is 1.19. The molecule has 0 radical (unpaired) electrons. The van der Waals surface area contributed by atoms with Gasteiger partial charge < -0.3 is 10.0 Å². The van der Waals surface area contributed by atoms with Crippen molar-refractivity contribution in [3.8, 4) is 0 Å². The number of aromatic nitrogens is 2. The van der Waals surface area contributed by atoms with Gasteiger partial charge in [0.15, 0.2) is 0 Å². The maximum absolute atomic E-state index is 12.5. The van der Waals surface area contributed by atoms with Gasteiger partial charge in [-0.1, -0.05) is 0 Å². The predicted octanol–water partition coefficient (Wildman–Crippen LogP) is -0.00596. The van der Waals surface area contributed by atoms with E-state index in [0.717, 1.165) is 12.8 Å². The number of hydrogen-bond acceptors (Lipinski definition) is 4. The van der Waals surface area contributed by atoms with Crippen molar-refractivity contribution in [2.24, 2.45) is 7.05 Å². The summed E-state index contributed by atoms with van der Waals surface area (Å²) >= 11 is 0. The first-order valence-electron chi connectivity index (χ1n) is 6.43. The molecular formula is C13H19N3O3. The molecule has 104 valence electrons. The minimum atomic E-state index is -0.378. The first-order valence-corrected chi connectivity index (χ1v) is 6.43. The second-order valence-electron chi connectivity index (χ2n) is 4.97. The Morgan fingerprint density at radius 1 is 1.47 bits per heavy atom. The second kappa shape index (κ2) is 5.13. The quantitative estimate of drug-likeness (QED) is 0.831. The lowest BCUT2D eigenvalue weighted by molar-refractivity contribution is 0.0704. The number of aliphatic hydroxyl groups is 1. The van der Waals surface area contributed by atoms with E-state index in [1.807, 2.05) is 0 Å². The molecule has 1 aliphatic rings. The molecule has 1 saturated carbocycles. The van der Waals surface area contributed by atoms with Gasteiger partial charge in [0.25, 0.3) is 11.5 Å². The summed E-state index contributed by atoms with van der Waals surface area (Å²) in [6, 6.07) is 0.164. The highest BCUT2D eigenvalue weighted by atomic mass is 16.3. The van der Waals surface area contributed by atoms with Crippen LogP contribution in [0.4, 0.5) is 0 Å². The topological polar surface area (TPSA) is 75.4 Å². The van der Waals surface area contributed by atoms with Gasteiger partial charge in [-0.3, -0.25) is 9.59 Å².